The molecule has 0 radical (unpaired) electrons. The molecule has 2 N–H and O–H groups in total. The van der Waals surface area contributed by atoms with E-state index in [0.29, 0.717) is 38.7 Å². The second-order valence-electron chi connectivity index (χ2n) is 8.73. The van der Waals surface area contributed by atoms with Crippen LogP contribution >= 0.6 is 0 Å². The standard InChI is InChI=1S/C27H23N5O5/c1-16-28-22-7-5-4-6-21(22)24(34)31(16)19-12-8-17(9-13-19)23(33)30-32-25(35)27(2,29-26(32)36)18-10-14-20(37-3)15-11-18/h4-15H,1-3H3,(H,29,36)(H,30,33). The monoisotopic (exact) mass is 497 g/mol. The SMILES string of the molecule is COc1ccc(C2(C)NC(=O)N(NC(=O)c3ccc(-n4c(C)nc5ccccc5c4=O)cc3)C2=O)cc1. The summed E-state index contributed by atoms with van der Waals surface area (Å²) in [6.07, 6.45) is 0. The zero-order valence-electron chi connectivity index (χ0n) is 20.3. The molecule has 0 saturated carbocycles. The Morgan fingerprint density at radius 2 is 1.65 bits per heavy atom. The van der Waals surface area contributed by atoms with Gasteiger partial charge in [-0.15, -0.1) is 0 Å². The van der Waals surface area contributed by atoms with Gasteiger partial charge in [-0.3, -0.25) is 24.4 Å². The van der Waals surface area contributed by atoms with Crippen LogP contribution in [0.3, 0.4) is 0 Å². The molecule has 1 aromatic heterocycles. The summed E-state index contributed by atoms with van der Waals surface area (Å²) in [5.74, 6) is -0.181. The van der Waals surface area contributed by atoms with E-state index in [9.17, 15) is 19.2 Å². The summed E-state index contributed by atoms with van der Waals surface area (Å²) in [6.45, 7) is 3.29. The number of benzene rings is 3. The van der Waals surface area contributed by atoms with Crippen LogP contribution in [0.15, 0.2) is 77.6 Å². The number of ether oxygens (including phenoxy) is 1. The van der Waals surface area contributed by atoms with Crippen molar-refractivity contribution >= 4 is 28.7 Å². The van der Waals surface area contributed by atoms with Crippen molar-refractivity contribution in [2.45, 2.75) is 19.4 Å². The molecule has 1 aliphatic rings. The number of amides is 4. The lowest BCUT2D eigenvalue weighted by Crippen LogP contribution is -2.47. The number of urea groups is 1. The average molecular weight is 498 g/mol. The van der Waals surface area contributed by atoms with Crippen molar-refractivity contribution in [3.8, 4) is 11.4 Å². The van der Waals surface area contributed by atoms with Crippen molar-refractivity contribution in [2.75, 3.05) is 7.11 Å². The minimum Gasteiger partial charge on any atom is -0.497 e. The molecule has 4 amide bonds. The average Bonchev–Trinajstić information content (AvgIpc) is 3.12. The number of carbonyl (C=O) groups excluding carboxylic acids is 3. The Morgan fingerprint density at radius 1 is 0.973 bits per heavy atom. The molecule has 0 spiro atoms. The lowest BCUT2D eigenvalue weighted by atomic mass is 9.92. The quantitative estimate of drug-likeness (QED) is 0.409. The van der Waals surface area contributed by atoms with Gasteiger partial charge in [-0.05, 0) is 67.9 Å². The molecular weight excluding hydrogens is 474 g/mol. The van der Waals surface area contributed by atoms with E-state index in [1.165, 1.54) is 23.8 Å². The number of rotatable bonds is 5. The zero-order chi connectivity index (χ0) is 26.3. The van der Waals surface area contributed by atoms with E-state index < -0.39 is 23.4 Å². The van der Waals surface area contributed by atoms with E-state index in [1.807, 2.05) is 6.07 Å². The van der Waals surface area contributed by atoms with E-state index in [2.05, 4.69) is 15.7 Å². The van der Waals surface area contributed by atoms with Crippen molar-refractivity contribution in [3.05, 3.63) is 100 Å². The van der Waals surface area contributed by atoms with Gasteiger partial charge in [-0.25, -0.2) is 9.78 Å². The van der Waals surface area contributed by atoms with Crippen molar-refractivity contribution in [1.29, 1.82) is 0 Å². The van der Waals surface area contributed by atoms with Crippen LogP contribution < -0.4 is 21.0 Å². The molecule has 1 unspecified atom stereocenters. The number of fused-ring (bicyclic) bond motifs is 1. The van der Waals surface area contributed by atoms with E-state index >= 15 is 0 Å². The lowest BCUT2D eigenvalue weighted by Gasteiger charge is -2.22. The molecule has 0 bridgehead atoms. The number of nitrogens with zero attached hydrogens (tertiary/aromatic N) is 3. The molecule has 1 fully saturated rings. The van der Waals surface area contributed by atoms with E-state index in [4.69, 9.17) is 4.74 Å². The number of hydrazine groups is 1. The maximum absolute atomic E-state index is 13.1. The highest BCUT2D eigenvalue weighted by atomic mass is 16.5. The predicted molar refractivity (Wildman–Crippen MR) is 135 cm³/mol. The number of aromatic nitrogens is 2. The summed E-state index contributed by atoms with van der Waals surface area (Å²) >= 11 is 0. The fourth-order valence-electron chi connectivity index (χ4n) is 4.34. The molecule has 2 heterocycles. The van der Waals surface area contributed by atoms with Crippen LogP contribution in [0.1, 0.15) is 28.7 Å². The fraction of sp³-hybridized carbons (Fsp3) is 0.148. The van der Waals surface area contributed by atoms with Gasteiger partial charge >= 0.3 is 6.03 Å². The van der Waals surface area contributed by atoms with Crippen LogP contribution in [-0.2, 0) is 10.3 Å². The largest absolute Gasteiger partial charge is 0.497 e. The number of carbonyl (C=O) groups is 3. The molecule has 5 rings (SSSR count). The minimum absolute atomic E-state index is 0.196. The van der Waals surface area contributed by atoms with Gasteiger partial charge < -0.3 is 10.1 Å². The van der Waals surface area contributed by atoms with Gasteiger partial charge in [0, 0.05) is 5.56 Å². The summed E-state index contributed by atoms with van der Waals surface area (Å²) in [4.78, 5) is 56.1. The topological polar surface area (TPSA) is 123 Å². The first kappa shape index (κ1) is 23.7. The molecule has 10 heteroatoms. The highest BCUT2D eigenvalue weighted by Crippen LogP contribution is 2.29. The first-order valence-corrected chi connectivity index (χ1v) is 11.4. The van der Waals surface area contributed by atoms with Gasteiger partial charge in [-0.2, -0.15) is 5.01 Å². The molecule has 0 aliphatic carbocycles. The Morgan fingerprint density at radius 3 is 2.32 bits per heavy atom. The number of imide groups is 1. The number of aryl methyl sites for hydroxylation is 1. The van der Waals surface area contributed by atoms with Gasteiger partial charge in [0.1, 0.15) is 17.1 Å². The van der Waals surface area contributed by atoms with Crippen molar-refractivity contribution in [2.24, 2.45) is 0 Å². The van der Waals surface area contributed by atoms with E-state index in [1.54, 1.807) is 68.4 Å². The Kier molecular flexibility index (Phi) is 5.71. The second kappa shape index (κ2) is 8.90. The number of hydrogen-bond acceptors (Lipinski definition) is 6. The summed E-state index contributed by atoms with van der Waals surface area (Å²) in [6, 6.07) is 19.3. The number of nitrogens with one attached hydrogen (secondary N) is 2. The maximum atomic E-state index is 13.1. The third-order valence-electron chi connectivity index (χ3n) is 6.40. The molecule has 1 saturated heterocycles. The first-order valence-electron chi connectivity index (χ1n) is 11.4. The smallest absolute Gasteiger partial charge is 0.344 e. The molecule has 186 valence electrons. The van der Waals surface area contributed by atoms with Gasteiger partial charge in [-0.1, -0.05) is 24.3 Å². The highest BCUT2D eigenvalue weighted by Gasteiger charge is 2.50. The number of hydrogen-bond donors (Lipinski definition) is 2. The third kappa shape index (κ3) is 3.98. The Labute approximate surface area is 211 Å². The summed E-state index contributed by atoms with van der Waals surface area (Å²) in [7, 11) is 1.53. The Balaban J connectivity index is 1.37. The maximum Gasteiger partial charge on any atom is 0.344 e. The Bertz CT molecular complexity index is 1610. The van der Waals surface area contributed by atoms with Gasteiger partial charge in [0.05, 0.1) is 23.7 Å². The molecule has 4 aromatic rings. The predicted octanol–water partition coefficient (Wildman–Crippen LogP) is 2.81. The van der Waals surface area contributed by atoms with Crippen LogP contribution in [0.2, 0.25) is 0 Å². The molecule has 37 heavy (non-hydrogen) atoms. The van der Waals surface area contributed by atoms with Gasteiger partial charge in [0.25, 0.3) is 17.4 Å². The highest BCUT2D eigenvalue weighted by molar-refractivity contribution is 6.09. The molecule has 1 atom stereocenters. The van der Waals surface area contributed by atoms with E-state index in [-0.39, 0.29) is 11.1 Å². The summed E-state index contributed by atoms with van der Waals surface area (Å²) < 4.78 is 6.60. The van der Waals surface area contributed by atoms with Crippen LogP contribution in [0, 0.1) is 6.92 Å². The number of methoxy groups -OCH3 is 1. The molecule has 1 aliphatic heterocycles. The van der Waals surface area contributed by atoms with E-state index in [0.717, 1.165) is 0 Å². The zero-order valence-corrected chi connectivity index (χ0v) is 20.3. The summed E-state index contributed by atoms with van der Waals surface area (Å²) in [5, 5.41) is 3.78. The summed E-state index contributed by atoms with van der Waals surface area (Å²) in [5.41, 5.74) is 2.66. The van der Waals surface area contributed by atoms with Crippen LogP contribution in [0.4, 0.5) is 4.79 Å². The second-order valence-corrected chi connectivity index (χ2v) is 8.73. The number of para-hydroxylation sites is 1. The van der Waals surface area contributed by atoms with Crippen molar-refractivity contribution in [1.82, 2.24) is 25.3 Å². The molecule has 10 nitrogen and oxygen atoms in total. The molecular formula is C27H23N5O5. The molecule has 3 aromatic carbocycles. The minimum atomic E-state index is -1.36. The van der Waals surface area contributed by atoms with Crippen LogP contribution in [0.5, 0.6) is 5.75 Å². The first-order chi connectivity index (χ1) is 17.7. The Hall–Kier alpha value is -4.99. The van der Waals surface area contributed by atoms with Crippen molar-refractivity contribution in [3.63, 3.8) is 0 Å². The van der Waals surface area contributed by atoms with Gasteiger partial charge in [0.2, 0.25) is 0 Å². The van der Waals surface area contributed by atoms with Gasteiger partial charge in [0.15, 0.2) is 0 Å². The fourth-order valence-corrected chi connectivity index (χ4v) is 4.34. The lowest BCUT2D eigenvalue weighted by molar-refractivity contribution is -0.132. The normalized spacial score (nSPS) is 17.1. The van der Waals surface area contributed by atoms with Crippen molar-refractivity contribution < 1.29 is 19.1 Å². The third-order valence-corrected chi connectivity index (χ3v) is 6.40. The van der Waals surface area contributed by atoms with Crippen LogP contribution in [-0.4, -0.2) is 39.5 Å². The van der Waals surface area contributed by atoms with Crippen LogP contribution in [0.25, 0.3) is 16.6 Å².